The summed E-state index contributed by atoms with van der Waals surface area (Å²) < 4.78 is 11.2. The Morgan fingerprint density at radius 1 is 0.929 bits per heavy atom. The Morgan fingerprint density at radius 2 is 1.64 bits per heavy atom. The number of fused-ring (bicyclic) bond motifs is 7. The first-order valence-electron chi connectivity index (χ1n) is 16.3. The van der Waals surface area contributed by atoms with Crippen LogP contribution in [0.2, 0.25) is 0 Å². The Hall–Kier alpha value is -2.18. The van der Waals surface area contributed by atoms with Crippen LogP contribution in [-0.2, 0) is 28.7 Å². The van der Waals surface area contributed by atoms with E-state index >= 15 is 0 Å². The first-order valence-corrected chi connectivity index (χ1v) is 16.3. The van der Waals surface area contributed by atoms with Crippen molar-refractivity contribution in [1.82, 2.24) is 0 Å². The second-order valence-corrected chi connectivity index (χ2v) is 15.6. The molecule has 42 heavy (non-hydrogen) atoms. The predicted molar refractivity (Wildman–Crippen MR) is 161 cm³/mol. The number of allylic oxidation sites excluding steroid dienone is 2. The van der Waals surface area contributed by atoms with E-state index in [1.807, 2.05) is 0 Å². The average molecular weight is 584 g/mol. The lowest BCUT2D eigenvalue weighted by molar-refractivity contribution is -0.187. The molecule has 5 rings (SSSR count). The van der Waals surface area contributed by atoms with Gasteiger partial charge in [-0.3, -0.25) is 9.59 Å². The highest BCUT2D eigenvalue weighted by Crippen LogP contribution is 2.75. The lowest BCUT2D eigenvalue weighted by Crippen LogP contribution is -2.66. The second-order valence-electron chi connectivity index (χ2n) is 15.6. The summed E-state index contributed by atoms with van der Waals surface area (Å²) in [5, 5.41) is 4.35. The maximum Gasteiger partial charge on any atom is 0.331 e. The zero-order valence-corrected chi connectivity index (χ0v) is 27.4. The highest BCUT2D eigenvalue weighted by atomic mass is 16.7. The smallest absolute Gasteiger partial charge is 0.331 e. The molecule has 0 spiro atoms. The lowest BCUT2D eigenvalue weighted by Gasteiger charge is -2.71. The van der Waals surface area contributed by atoms with E-state index in [0.717, 1.165) is 57.1 Å². The number of carbonyl (C=O) groups is 3. The predicted octanol–water partition coefficient (Wildman–Crippen LogP) is 7.28. The van der Waals surface area contributed by atoms with E-state index in [9.17, 15) is 14.4 Å². The van der Waals surface area contributed by atoms with Gasteiger partial charge in [0.25, 0.3) is 0 Å². The van der Waals surface area contributed by atoms with Crippen molar-refractivity contribution in [2.75, 3.05) is 13.7 Å². The molecule has 0 N–H and O–H groups in total. The highest BCUT2D eigenvalue weighted by molar-refractivity contribution is 5.91. The summed E-state index contributed by atoms with van der Waals surface area (Å²) in [5.74, 6) is 1.14. The third-order valence-electron chi connectivity index (χ3n) is 14.0. The van der Waals surface area contributed by atoms with Crippen molar-refractivity contribution >= 4 is 23.6 Å². The van der Waals surface area contributed by atoms with E-state index in [1.165, 1.54) is 19.4 Å². The number of carbonyl (C=O) groups excluding carboxylic acids is 3. The van der Waals surface area contributed by atoms with E-state index in [-0.39, 0.29) is 46.6 Å². The second kappa shape index (κ2) is 10.5. The van der Waals surface area contributed by atoms with Gasteiger partial charge in [-0.05, 0) is 104 Å². The standard InChI is InChI=1S/C35H53NO6/c1-21-12-17-35(30(39)40-9)19-18-33(7)25(29(35)22(21)2)10-11-27-31(5)15-14-28(36-42-24(4)38)32(6,20-41-23(3)37)26(31)13-16-34(27,33)8/h10,21-22,26-27,29H,11-20H2,1-9H3/b36-28+/t21-,22+,26-,27-,29+,31+,32+,33-,34-,35+/m1/s1. The van der Waals surface area contributed by atoms with Crippen molar-refractivity contribution < 1.29 is 28.7 Å². The number of methoxy groups -OCH3 is 1. The molecule has 7 heteroatoms. The molecule has 0 unspecified atom stereocenters. The van der Waals surface area contributed by atoms with E-state index in [1.54, 1.807) is 7.11 Å². The van der Waals surface area contributed by atoms with Gasteiger partial charge in [-0.25, -0.2) is 4.79 Å². The first-order chi connectivity index (χ1) is 19.6. The minimum atomic E-state index is -0.514. The molecular formula is C35H53NO6. The van der Waals surface area contributed by atoms with Crippen molar-refractivity contribution in [3.63, 3.8) is 0 Å². The number of nitrogens with zero attached hydrogens (tertiary/aromatic N) is 1. The average Bonchev–Trinajstić information content (AvgIpc) is 2.93. The fraction of sp³-hybridized carbons (Fsp3) is 0.829. The fourth-order valence-electron chi connectivity index (χ4n) is 11.4. The zero-order valence-electron chi connectivity index (χ0n) is 27.4. The van der Waals surface area contributed by atoms with Gasteiger partial charge in [0.15, 0.2) is 0 Å². The molecule has 5 aliphatic carbocycles. The number of ether oxygens (including phenoxy) is 2. The molecule has 0 heterocycles. The SMILES string of the molecule is COC(=O)[C@]12CC[C@@H](C)[C@H](C)[C@H]1C1=CC[C@@H]3[C@@]4(C)CC/C(=N\OC(C)=O)[C@@](C)(COC(C)=O)[C@@H]4CC[C@@]3(C)[C@]1(C)CC2. The molecule has 7 nitrogen and oxygen atoms in total. The van der Waals surface area contributed by atoms with Crippen molar-refractivity contribution in [3.05, 3.63) is 11.6 Å². The molecule has 4 fully saturated rings. The fourth-order valence-corrected chi connectivity index (χ4v) is 11.4. The van der Waals surface area contributed by atoms with Gasteiger partial charge in [0.05, 0.1) is 18.2 Å². The zero-order chi connectivity index (χ0) is 30.9. The Kier molecular flexibility index (Phi) is 7.79. The normalized spacial score (nSPS) is 47.1. The molecule has 0 aromatic rings. The van der Waals surface area contributed by atoms with E-state index < -0.39 is 16.8 Å². The van der Waals surface area contributed by atoms with Gasteiger partial charge < -0.3 is 14.3 Å². The summed E-state index contributed by atoms with van der Waals surface area (Å²) in [7, 11) is 1.56. The van der Waals surface area contributed by atoms with E-state index in [0.29, 0.717) is 24.2 Å². The van der Waals surface area contributed by atoms with Crippen LogP contribution in [0.15, 0.2) is 16.8 Å². The molecule has 5 aliphatic rings. The van der Waals surface area contributed by atoms with Crippen LogP contribution in [-0.4, -0.2) is 37.3 Å². The highest BCUT2D eigenvalue weighted by Gasteiger charge is 2.70. The molecule has 234 valence electrons. The Labute approximate surface area is 252 Å². The number of hydrogen-bond donors (Lipinski definition) is 0. The quantitative estimate of drug-likeness (QED) is 0.149. The van der Waals surface area contributed by atoms with Crippen LogP contribution in [0.3, 0.4) is 0 Å². The minimum Gasteiger partial charge on any atom is -0.469 e. The first kappa shape index (κ1) is 31.3. The molecule has 0 aliphatic heterocycles. The van der Waals surface area contributed by atoms with Crippen LogP contribution in [0.4, 0.5) is 0 Å². The van der Waals surface area contributed by atoms with Gasteiger partial charge in [0.2, 0.25) is 0 Å². The van der Waals surface area contributed by atoms with Gasteiger partial charge >= 0.3 is 17.9 Å². The monoisotopic (exact) mass is 583 g/mol. The van der Waals surface area contributed by atoms with E-state index in [2.05, 4.69) is 52.8 Å². The molecular weight excluding hydrogens is 530 g/mol. The molecule has 0 aromatic heterocycles. The topological polar surface area (TPSA) is 91.3 Å². The van der Waals surface area contributed by atoms with Crippen LogP contribution in [0.25, 0.3) is 0 Å². The van der Waals surface area contributed by atoms with Crippen molar-refractivity contribution in [2.24, 2.45) is 61.8 Å². The number of esters is 2. The molecule has 0 saturated heterocycles. The van der Waals surface area contributed by atoms with Gasteiger partial charge in [-0.15, -0.1) is 0 Å². The van der Waals surface area contributed by atoms with Crippen LogP contribution in [0.5, 0.6) is 0 Å². The van der Waals surface area contributed by atoms with Crippen molar-refractivity contribution in [1.29, 1.82) is 0 Å². The van der Waals surface area contributed by atoms with Crippen LogP contribution >= 0.6 is 0 Å². The van der Waals surface area contributed by atoms with Gasteiger partial charge in [0, 0.05) is 19.3 Å². The summed E-state index contributed by atoms with van der Waals surface area (Å²) >= 11 is 0. The molecule has 10 atom stereocenters. The van der Waals surface area contributed by atoms with Crippen molar-refractivity contribution in [2.45, 2.75) is 113 Å². The summed E-state index contributed by atoms with van der Waals surface area (Å²) in [6, 6.07) is 0. The molecule has 0 radical (unpaired) electrons. The van der Waals surface area contributed by atoms with Crippen LogP contribution in [0.1, 0.15) is 113 Å². The minimum absolute atomic E-state index is 0.00417. The Morgan fingerprint density at radius 3 is 2.29 bits per heavy atom. The Balaban J connectivity index is 1.57. The maximum atomic E-state index is 13.5. The largest absolute Gasteiger partial charge is 0.469 e. The summed E-state index contributed by atoms with van der Waals surface area (Å²) in [5.41, 5.74) is 1.48. The number of oxime groups is 1. The van der Waals surface area contributed by atoms with Gasteiger partial charge in [-0.2, -0.15) is 0 Å². The third kappa shape index (κ3) is 4.25. The maximum absolute atomic E-state index is 13.5. The Bertz CT molecular complexity index is 1210. The van der Waals surface area contributed by atoms with Crippen LogP contribution in [0, 0.1) is 56.7 Å². The molecule has 0 amide bonds. The van der Waals surface area contributed by atoms with Crippen molar-refractivity contribution in [3.8, 4) is 0 Å². The molecule has 0 bridgehead atoms. The summed E-state index contributed by atoms with van der Waals surface area (Å²) in [6.45, 7) is 17.5. The third-order valence-corrected chi connectivity index (χ3v) is 14.0. The molecule has 0 aromatic carbocycles. The summed E-state index contributed by atoms with van der Waals surface area (Å²) in [4.78, 5) is 42.4. The van der Waals surface area contributed by atoms with Gasteiger partial charge in [0.1, 0.15) is 6.61 Å². The number of rotatable bonds is 4. The lowest BCUT2D eigenvalue weighted by atomic mass is 9.33. The van der Waals surface area contributed by atoms with E-state index in [4.69, 9.17) is 14.3 Å². The van der Waals surface area contributed by atoms with Gasteiger partial charge in [-0.1, -0.05) is 58.3 Å². The number of hydrogen-bond acceptors (Lipinski definition) is 7. The van der Waals surface area contributed by atoms with Crippen LogP contribution < -0.4 is 0 Å². The molecule has 4 saturated carbocycles. The summed E-state index contributed by atoms with van der Waals surface area (Å²) in [6.07, 6.45) is 11.1.